The van der Waals surface area contributed by atoms with Gasteiger partial charge < -0.3 is 11.1 Å². The largest absolute Gasteiger partial charge is 0.370 e. The van der Waals surface area contributed by atoms with Crippen molar-refractivity contribution in [3.63, 3.8) is 0 Å². The third kappa shape index (κ3) is 3.30. The fraction of sp³-hybridized carbons (Fsp3) is 0.316. The first-order valence-electron chi connectivity index (χ1n) is 7.92. The van der Waals surface area contributed by atoms with Crippen LogP contribution in [-0.4, -0.2) is 12.0 Å². The van der Waals surface area contributed by atoms with Crippen molar-refractivity contribution in [1.29, 1.82) is 0 Å². The highest BCUT2D eigenvalue weighted by atomic mass is 15.1. The second kappa shape index (κ2) is 6.22. The van der Waals surface area contributed by atoms with Crippen LogP contribution in [0.5, 0.6) is 0 Å². The maximum Gasteiger partial charge on any atom is 0.193 e. The van der Waals surface area contributed by atoms with E-state index in [0.29, 0.717) is 17.9 Å². The summed E-state index contributed by atoms with van der Waals surface area (Å²) in [6.45, 7) is 4.31. The summed E-state index contributed by atoms with van der Waals surface area (Å²) in [6.07, 6.45) is 2.10. The quantitative estimate of drug-likeness (QED) is 0.664. The average Bonchev–Trinajstić information content (AvgIpc) is 3.26. The molecule has 2 unspecified atom stereocenters. The Hall–Kier alpha value is -2.29. The zero-order valence-corrected chi connectivity index (χ0v) is 13.2. The van der Waals surface area contributed by atoms with E-state index >= 15 is 0 Å². The van der Waals surface area contributed by atoms with Crippen LogP contribution in [0.4, 0.5) is 5.69 Å². The molecule has 0 saturated heterocycles. The van der Waals surface area contributed by atoms with Gasteiger partial charge in [-0.1, -0.05) is 43.3 Å². The Labute approximate surface area is 132 Å². The highest BCUT2D eigenvalue weighted by Gasteiger charge is 2.39. The molecule has 2 aromatic rings. The summed E-state index contributed by atoms with van der Waals surface area (Å²) in [7, 11) is 0. The molecule has 1 aliphatic rings. The summed E-state index contributed by atoms with van der Waals surface area (Å²) in [4.78, 5) is 4.62. The standard InChI is InChI=1S/C19H23N3/c1-3-14-8-6-9-15(11-14)21-19(20)22-18-12-17(18)16-10-5-4-7-13(16)2/h4-11,17-18H,3,12H2,1-2H3,(H3,20,21,22). The normalized spacial score (nSPS) is 20.7. The average molecular weight is 293 g/mol. The first-order chi connectivity index (χ1) is 10.7. The van der Waals surface area contributed by atoms with Crippen LogP contribution < -0.4 is 11.1 Å². The smallest absolute Gasteiger partial charge is 0.193 e. The first kappa shape index (κ1) is 14.6. The minimum absolute atomic E-state index is 0.308. The van der Waals surface area contributed by atoms with Gasteiger partial charge in [0.05, 0.1) is 6.04 Å². The lowest BCUT2D eigenvalue weighted by Gasteiger charge is -2.07. The molecule has 0 heterocycles. The number of nitrogens with one attached hydrogen (secondary N) is 1. The Morgan fingerprint density at radius 3 is 2.82 bits per heavy atom. The summed E-state index contributed by atoms with van der Waals surface area (Å²) >= 11 is 0. The molecule has 114 valence electrons. The molecule has 3 nitrogen and oxygen atoms in total. The Morgan fingerprint density at radius 2 is 2.05 bits per heavy atom. The number of nitrogens with zero attached hydrogens (tertiary/aromatic N) is 1. The summed E-state index contributed by atoms with van der Waals surface area (Å²) in [5.41, 5.74) is 11.1. The van der Waals surface area contributed by atoms with Crippen LogP contribution in [0.3, 0.4) is 0 Å². The molecule has 3 heteroatoms. The SMILES string of the molecule is CCc1cccc(NC(N)=NC2CC2c2ccccc2C)c1. The molecule has 0 aromatic heterocycles. The second-order valence-electron chi connectivity index (χ2n) is 5.96. The van der Waals surface area contributed by atoms with Crippen molar-refractivity contribution in [1.82, 2.24) is 0 Å². The van der Waals surface area contributed by atoms with Crippen molar-refractivity contribution in [3.8, 4) is 0 Å². The third-order valence-corrected chi connectivity index (χ3v) is 4.26. The van der Waals surface area contributed by atoms with E-state index < -0.39 is 0 Å². The van der Waals surface area contributed by atoms with Crippen LogP contribution in [0.25, 0.3) is 0 Å². The number of anilines is 1. The predicted octanol–water partition coefficient (Wildman–Crippen LogP) is 3.84. The van der Waals surface area contributed by atoms with Crippen molar-refractivity contribution in [2.24, 2.45) is 10.7 Å². The van der Waals surface area contributed by atoms with Gasteiger partial charge in [0.15, 0.2) is 5.96 Å². The Morgan fingerprint density at radius 1 is 1.23 bits per heavy atom. The van der Waals surface area contributed by atoms with Crippen LogP contribution in [-0.2, 0) is 6.42 Å². The van der Waals surface area contributed by atoms with Gasteiger partial charge in [0.2, 0.25) is 0 Å². The van der Waals surface area contributed by atoms with Gasteiger partial charge in [-0.25, -0.2) is 4.99 Å². The van der Waals surface area contributed by atoms with Gasteiger partial charge in [0.25, 0.3) is 0 Å². The number of hydrogen-bond donors (Lipinski definition) is 2. The topological polar surface area (TPSA) is 50.4 Å². The molecule has 3 rings (SSSR count). The molecule has 0 amide bonds. The molecule has 22 heavy (non-hydrogen) atoms. The van der Waals surface area contributed by atoms with Crippen LogP contribution in [0.1, 0.15) is 36.0 Å². The summed E-state index contributed by atoms with van der Waals surface area (Å²) in [6, 6.07) is 17.1. The van der Waals surface area contributed by atoms with Gasteiger partial charge in [-0.15, -0.1) is 0 Å². The number of benzene rings is 2. The van der Waals surface area contributed by atoms with Crippen molar-refractivity contribution in [2.45, 2.75) is 38.6 Å². The molecular weight excluding hydrogens is 270 g/mol. The minimum Gasteiger partial charge on any atom is -0.370 e. The number of guanidine groups is 1. The van der Waals surface area contributed by atoms with E-state index in [2.05, 4.69) is 60.6 Å². The Bertz CT molecular complexity index is 691. The number of aliphatic imine (C=N–C) groups is 1. The monoisotopic (exact) mass is 293 g/mol. The van der Waals surface area contributed by atoms with Gasteiger partial charge in [0, 0.05) is 11.6 Å². The van der Waals surface area contributed by atoms with Crippen LogP contribution in [0.15, 0.2) is 53.5 Å². The van der Waals surface area contributed by atoms with E-state index in [1.54, 1.807) is 0 Å². The lowest BCUT2D eigenvalue weighted by molar-refractivity contribution is 0.975. The fourth-order valence-electron chi connectivity index (χ4n) is 2.89. The fourth-order valence-corrected chi connectivity index (χ4v) is 2.89. The maximum atomic E-state index is 6.06. The van der Waals surface area contributed by atoms with Crippen molar-refractivity contribution in [2.75, 3.05) is 5.32 Å². The molecule has 0 spiro atoms. The number of aryl methyl sites for hydroxylation is 2. The minimum atomic E-state index is 0.308. The van der Waals surface area contributed by atoms with E-state index in [9.17, 15) is 0 Å². The molecule has 0 radical (unpaired) electrons. The second-order valence-corrected chi connectivity index (χ2v) is 5.96. The number of rotatable bonds is 4. The molecule has 0 bridgehead atoms. The van der Waals surface area contributed by atoms with Gasteiger partial charge in [0.1, 0.15) is 0 Å². The zero-order valence-electron chi connectivity index (χ0n) is 13.2. The Balaban J connectivity index is 1.65. The van der Waals surface area contributed by atoms with Crippen LogP contribution >= 0.6 is 0 Å². The summed E-state index contributed by atoms with van der Waals surface area (Å²) in [5, 5.41) is 3.20. The highest BCUT2D eigenvalue weighted by molar-refractivity contribution is 5.92. The number of hydrogen-bond acceptors (Lipinski definition) is 1. The summed E-state index contributed by atoms with van der Waals surface area (Å²) < 4.78 is 0. The van der Waals surface area contributed by atoms with E-state index in [-0.39, 0.29) is 0 Å². The lowest BCUT2D eigenvalue weighted by atomic mass is 10.0. The molecular formula is C19H23N3. The highest BCUT2D eigenvalue weighted by Crippen LogP contribution is 2.44. The van der Waals surface area contributed by atoms with E-state index in [4.69, 9.17) is 5.73 Å². The van der Waals surface area contributed by atoms with Gasteiger partial charge in [-0.3, -0.25) is 0 Å². The van der Waals surface area contributed by atoms with Gasteiger partial charge in [-0.2, -0.15) is 0 Å². The van der Waals surface area contributed by atoms with Crippen molar-refractivity contribution >= 4 is 11.6 Å². The van der Waals surface area contributed by atoms with Crippen molar-refractivity contribution < 1.29 is 0 Å². The maximum absolute atomic E-state index is 6.06. The molecule has 3 N–H and O–H groups in total. The lowest BCUT2D eigenvalue weighted by Crippen LogP contribution is -2.23. The van der Waals surface area contributed by atoms with Crippen molar-refractivity contribution in [3.05, 3.63) is 65.2 Å². The van der Waals surface area contributed by atoms with E-state index in [1.165, 1.54) is 16.7 Å². The van der Waals surface area contributed by atoms with E-state index in [0.717, 1.165) is 18.5 Å². The van der Waals surface area contributed by atoms with Gasteiger partial charge >= 0.3 is 0 Å². The molecule has 2 aromatic carbocycles. The summed E-state index contributed by atoms with van der Waals surface area (Å²) in [5.74, 6) is 1.03. The van der Waals surface area contributed by atoms with Crippen LogP contribution in [0, 0.1) is 6.92 Å². The third-order valence-electron chi connectivity index (χ3n) is 4.26. The Kier molecular flexibility index (Phi) is 4.14. The molecule has 2 atom stereocenters. The first-order valence-corrected chi connectivity index (χ1v) is 7.92. The van der Waals surface area contributed by atoms with Gasteiger partial charge in [-0.05, 0) is 48.6 Å². The molecule has 1 fully saturated rings. The molecule has 1 saturated carbocycles. The molecule has 1 aliphatic carbocycles. The molecule has 0 aliphatic heterocycles. The number of nitrogens with two attached hydrogens (primary N) is 1. The zero-order chi connectivity index (χ0) is 15.5. The predicted molar refractivity (Wildman–Crippen MR) is 93.4 cm³/mol. The van der Waals surface area contributed by atoms with E-state index in [1.807, 2.05) is 12.1 Å². The van der Waals surface area contributed by atoms with Crippen LogP contribution in [0.2, 0.25) is 0 Å².